The molecule has 0 aromatic heterocycles. The second kappa shape index (κ2) is 21.4. The van der Waals surface area contributed by atoms with Gasteiger partial charge in [-0.05, 0) is 0 Å². The van der Waals surface area contributed by atoms with Gasteiger partial charge in [-0.2, -0.15) is 0 Å². The molecule has 0 saturated heterocycles. The van der Waals surface area contributed by atoms with E-state index in [2.05, 4.69) is 125 Å². The van der Waals surface area contributed by atoms with Crippen LogP contribution in [0.2, 0.25) is 121 Å². The van der Waals surface area contributed by atoms with Gasteiger partial charge in [-0.25, -0.2) is 0 Å². The Morgan fingerprint density at radius 2 is 0.304 bits per heavy atom. The Morgan fingerprint density at radius 3 is 0.370 bits per heavy atom. The molecule has 0 atom stereocenters. The molecule has 0 amide bonds. The average molecular weight is 783 g/mol. The van der Waals surface area contributed by atoms with Gasteiger partial charge in [-0.3, -0.25) is 0 Å². The normalized spacial score (nSPS) is 14.5. The van der Waals surface area contributed by atoms with Crippen molar-refractivity contribution in [3.63, 3.8) is 0 Å². The molecule has 0 heterocycles. The van der Waals surface area contributed by atoms with Crippen LogP contribution in [0, 0.1) is 0 Å². The number of hydrogen-bond donors (Lipinski definition) is 0. The van der Waals surface area contributed by atoms with Gasteiger partial charge in [0.2, 0.25) is 0 Å². The molecule has 0 aliphatic rings. The SMILES string of the molecule is CC[Si](CC)(CC)[CH]([Cr]([CH]([Si](CC)(CC)CC)[Si](CC)(CC)CC)[CH]([Si](CC)(CC)CC)[Si](CC)(CC)CC)[Si](CC)(CC)CC. The van der Waals surface area contributed by atoms with Gasteiger partial charge in [0.05, 0.1) is 0 Å². The van der Waals surface area contributed by atoms with E-state index < -0.39 is 62.6 Å². The van der Waals surface area contributed by atoms with Crippen LogP contribution in [-0.2, 0) is 14.1 Å². The van der Waals surface area contributed by atoms with Crippen molar-refractivity contribution in [3.8, 4) is 0 Å². The molecule has 0 nitrogen and oxygen atoms in total. The third kappa shape index (κ3) is 8.55. The van der Waals surface area contributed by atoms with E-state index in [0.717, 1.165) is 0 Å². The quantitative estimate of drug-likeness (QED) is 0.0728. The summed E-state index contributed by atoms with van der Waals surface area (Å²) >= 11 is -1.04. The van der Waals surface area contributed by atoms with Gasteiger partial charge in [0.15, 0.2) is 0 Å². The molecule has 0 fully saturated rings. The maximum absolute atomic E-state index is 2.75. The van der Waals surface area contributed by atoms with Crippen molar-refractivity contribution in [1.82, 2.24) is 0 Å². The summed E-state index contributed by atoms with van der Waals surface area (Å²) in [5, 5.41) is 0. The first-order valence-electron chi connectivity index (χ1n) is 21.5. The summed E-state index contributed by atoms with van der Waals surface area (Å²) in [5.41, 5.74) is 0. The van der Waals surface area contributed by atoms with Crippen LogP contribution in [0.4, 0.5) is 0 Å². The summed E-state index contributed by atoms with van der Waals surface area (Å²) in [6.07, 6.45) is 0. The fraction of sp³-hybridized carbons (Fsp3) is 1.00. The molecule has 0 rings (SSSR count). The van der Waals surface area contributed by atoms with Crippen LogP contribution < -0.4 is 0 Å². The average Bonchev–Trinajstić information content (AvgIpc) is 3.12. The molecule has 0 N–H and O–H groups in total. The maximum atomic E-state index is 2.75. The minimum atomic E-state index is -1.50. The molecule has 0 aromatic rings. The second-order valence-electron chi connectivity index (χ2n) is 16.1. The Balaban J connectivity index is 9.57. The van der Waals surface area contributed by atoms with Crippen LogP contribution in [0.5, 0.6) is 0 Å². The fourth-order valence-corrected chi connectivity index (χ4v) is 103. The van der Waals surface area contributed by atoms with Crippen molar-refractivity contribution in [3.05, 3.63) is 0 Å². The van der Waals surface area contributed by atoms with Gasteiger partial charge in [0, 0.05) is 0 Å². The zero-order valence-electron chi connectivity index (χ0n) is 35.9. The van der Waals surface area contributed by atoms with Crippen molar-refractivity contribution >= 4 is 48.4 Å². The van der Waals surface area contributed by atoms with Crippen LogP contribution in [0.15, 0.2) is 0 Å². The summed E-state index contributed by atoms with van der Waals surface area (Å²) in [7, 11) is -8.98. The molecule has 46 heavy (non-hydrogen) atoms. The molecule has 0 saturated carbocycles. The van der Waals surface area contributed by atoms with Gasteiger partial charge < -0.3 is 0 Å². The predicted molar refractivity (Wildman–Crippen MR) is 234 cm³/mol. The summed E-state index contributed by atoms with van der Waals surface area (Å²) < 4.78 is 3.82. The van der Waals surface area contributed by atoms with E-state index in [0.29, 0.717) is 0 Å². The molecule has 0 unspecified atom stereocenters. The molecule has 7 heteroatoms. The topological polar surface area (TPSA) is 0 Å². The minimum absolute atomic E-state index is 1.04. The number of rotatable bonds is 27. The van der Waals surface area contributed by atoms with Crippen molar-refractivity contribution in [2.75, 3.05) is 0 Å². The summed E-state index contributed by atoms with van der Waals surface area (Å²) in [5.74, 6) is 0. The van der Waals surface area contributed by atoms with Gasteiger partial charge in [0.1, 0.15) is 0 Å². The van der Waals surface area contributed by atoms with Gasteiger partial charge in [-0.1, -0.05) is 0 Å². The molecule has 0 bridgehead atoms. The molecule has 0 radical (unpaired) electrons. The van der Waals surface area contributed by atoms with E-state index >= 15 is 0 Å². The van der Waals surface area contributed by atoms with Gasteiger partial charge in [0.25, 0.3) is 0 Å². The summed E-state index contributed by atoms with van der Waals surface area (Å²) in [6, 6.07) is 28.7. The second-order valence-corrected chi connectivity index (χ2v) is 57.9. The molecule has 0 aliphatic heterocycles. The van der Waals surface area contributed by atoms with Crippen LogP contribution in [-0.4, -0.2) is 48.4 Å². The molecule has 279 valence electrons. The molecular formula is C39H93CrSi6. The van der Waals surface area contributed by atoms with E-state index in [4.69, 9.17) is 0 Å². The Labute approximate surface area is 306 Å². The standard InChI is InChI=1S/3C13H31Si2.Cr/c3*1-7-14(8-2,9-3)13-15(10-4,11-5)12-6;/h3*13H,7-12H2,1-6H3;. The monoisotopic (exact) mass is 782 g/mol. The van der Waals surface area contributed by atoms with Crippen molar-refractivity contribution in [2.24, 2.45) is 0 Å². The van der Waals surface area contributed by atoms with Crippen molar-refractivity contribution in [2.45, 2.75) is 246 Å². The third-order valence-electron chi connectivity index (χ3n) is 16.8. The van der Waals surface area contributed by atoms with E-state index in [1.807, 2.05) is 0 Å². The Morgan fingerprint density at radius 1 is 0.217 bits per heavy atom. The Kier molecular flexibility index (Phi) is 22.2. The third-order valence-corrected chi connectivity index (χ3v) is 83.2. The van der Waals surface area contributed by atoms with E-state index in [-0.39, 0.29) is 0 Å². The van der Waals surface area contributed by atoms with Crippen LogP contribution in [0.3, 0.4) is 0 Å². The summed E-state index contributed by atoms with van der Waals surface area (Å²) in [6.45, 7) is 49.5. The predicted octanol–water partition coefficient (Wildman–Crippen LogP) is 16.3. The first kappa shape index (κ1) is 47.8. The van der Waals surface area contributed by atoms with Crippen LogP contribution >= 0.6 is 0 Å². The van der Waals surface area contributed by atoms with E-state index in [1.165, 1.54) is 12.1 Å². The van der Waals surface area contributed by atoms with Gasteiger partial charge >= 0.3 is 308 Å². The van der Waals surface area contributed by atoms with E-state index in [9.17, 15) is 0 Å². The Bertz CT molecular complexity index is 580. The first-order valence-corrected chi connectivity index (χ1v) is 39.9. The number of hydrogen-bond acceptors (Lipinski definition) is 0. The fourth-order valence-electron chi connectivity index (χ4n) is 11.9. The van der Waals surface area contributed by atoms with E-state index in [1.54, 1.807) is 109 Å². The van der Waals surface area contributed by atoms with Crippen molar-refractivity contribution in [1.29, 1.82) is 0 Å². The van der Waals surface area contributed by atoms with Gasteiger partial charge in [-0.15, -0.1) is 0 Å². The molecular weight excluding hydrogens is 689 g/mol. The molecule has 0 spiro atoms. The molecule has 0 aromatic carbocycles. The summed E-state index contributed by atoms with van der Waals surface area (Å²) in [4.78, 5) is 0. The zero-order chi connectivity index (χ0) is 36.0. The van der Waals surface area contributed by atoms with Crippen molar-refractivity contribution < 1.29 is 14.1 Å². The molecule has 0 aliphatic carbocycles. The first-order chi connectivity index (χ1) is 21.8. The zero-order valence-corrected chi connectivity index (χ0v) is 43.1. The van der Waals surface area contributed by atoms with Crippen LogP contribution in [0.25, 0.3) is 0 Å². The van der Waals surface area contributed by atoms with Crippen LogP contribution in [0.1, 0.15) is 125 Å². The Hall–Kier alpha value is 1.83.